The maximum Gasteiger partial charge on any atom is 0.407 e. The van der Waals surface area contributed by atoms with Crippen molar-refractivity contribution in [2.45, 2.75) is 102 Å². The van der Waals surface area contributed by atoms with Gasteiger partial charge in [-0.05, 0) is 97.6 Å². The summed E-state index contributed by atoms with van der Waals surface area (Å²) < 4.78 is 18.7. The summed E-state index contributed by atoms with van der Waals surface area (Å²) in [6, 6.07) is 6.99. The predicted molar refractivity (Wildman–Crippen MR) is 142 cm³/mol. The third-order valence-corrected chi connectivity index (χ3v) is 7.79. The molecule has 1 aliphatic rings. The fourth-order valence-electron chi connectivity index (χ4n) is 4.69. The van der Waals surface area contributed by atoms with Gasteiger partial charge in [0.25, 0.3) is 0 Å². The van der Waals surface area contributed by atoms with Crippen LogP contribution in [0.15, 0.2) is 22.7 Å². The molecule has 1 saturated carbocycles. The van der Waals surface area contributed by atoms with Crippen LogP contribution in [0.25, 0.3) is 0 Å². The zero-order chi connectivity index (χ0) is 26.7. The molecule has 1 amide bonds. The summed E-state index contributed by atoms with van der Waals surface area (Å²) in [5, 5.41) is 12.2. The quantitative estimate of drug-likeness (QED) is 0.290. The second-order valence-corrected chi connectivity index (χ2v) is 16.8. The van der Waals surface area contributed by atoms with Crippen molar-refractivity contribution in [3.05, 3.63) is 33.8 Å². The van der Waals surface area contributed by atoms with Gasteiger partial charge in [0, 0.05) is 23.2 Å². The van der Waals surface area contributed by atoms with Crippen LogP contribution >= 0.6 is 15.9 Å². The van der Waals surface area contributed by atoms with Crippen LogP contribution in [0, 0.1) is 11.3 Å². The molecule has 0 spiro atoms. The summed E-state index contributed by atoms with van der Waals surface area (Å²) >= 11 is 3.49. The minimum atomic E-state index is -2.10. The van der Waals surface area contributed by atoms with E-state index in [0.717, 1.165) is 0 Å². The van der Waals surface area contributed by atoms with Crippen molar-refractivity contribution in [1.29, 1.82) is 5.26 Å². The first-order chi connectivity index (χ1) is 16.0. The number of nitrogens with zero attached hydrogens (tertiary/aromatic N) is 1. The normalized spacial score (nSPS) is 23.8. The molecule has 0 saturated heterocycles. The number of ether oxygens (including phenoxy) is 2. The SMILES string of the molecule is COC1(C[C@H](C)NC(=O)OC(C)(C)C)CCC(O[Si](C)(C)C)(C(=O)c2cc(C#N)ccc2Br)CC1. The molecule has 0 heterocycles. The Morgan fingerprint density at radius 3 is 2.29 bits per heavy atom. The lowest BCUT2D eigenvalue weighted by Crippen LogP contribution is -2.55. The predicted octanol–water partition coefficient (Wildman–Crippen LogP) is 6.36. The molecule has 1 atom stereocenters. The third kappa shape index (κ3) is 8.14. The van der Waals surface area contributed by atoms with Gasteiger partial charge in [0.1, 0.15) is 11.2 Å². The van der Waals surface area contributed by atoms with Crippen molar-refractivity contribution in [3.8, 4) is 6.07 Å². The summed E-state index contributed by atoms with van der Waals surface area (Å²) in [6.07, 6.45) is 2.33. The lowest BCUT2D eigenvalue weighted by atomic mass is 9.71. The van der Waals surface area contributed by atoms with Crippen LogP contribution in [0.4, 0.5) is 4.79 Å². The number of nitrogens with one attached hydrogen (secondary N) is 1. The van der Waals surface area contributed by atoms with Crippen LogP contribution in [0.2, 0.25) is 19.6 Å². The first-order valence-corrected chi connectivity index (χ1v) is 16.2. The molecule has 1 aromatic rings. The van der Waals surface area contributed by atoms with Crippen LogP contribution in [0.5, 0.6) is 0 Å². The van der Waals surface area contributed by atoms with Gasteiger partial charge in [0.05, 0.1) is 17.2 Å². The van der Waals surface area contributed by atoms with E-state index in [1.807, 2.05) is 27.7 Å². The van der Waals surface area contributed by atoms with Crippen molar-refractivity contribution >= 4 is 36.1 Å². The number of benzene rings is 1. The van der Waals surface area contributed by atoms with Crippen molar-refractivity contribution in [3.63, 3.8) is 0 Å². The number of ketones is 1. The van der Waals surface area contributed by atoms with Crippen LogP contribution in [0.1, 0.15) is 75.7 Å². The van der Waals surface area contributed by atoms with Gasteiger partial charge < -0.3 is 19.2 Å². The topological polar surface area (TPSA) is 97.7 Å². The van der Waals surface area contributed by atoms with Gasteiger partial charge in [-0.25, -0.2) is 4.79 Å². The highest BCUT2D eigenvalue weighted by atomic mass is 79.9. The van der Waals surface area contributed by atoms with Crippen molar-refractivity contribution in [2.24, 2.45) is 0 Å². The highest BCUT2D eigenvalue weighted by molar-refractivity contribution is 9.10. The van der Waals surface area contributed by atoms with E-state index in [9.17, 15) is 14.9 Å². The molecule has 1 aliphatic carbocycles. The molecular weight excluding hydrogens is 528 g/mol. The molecule has 0 bridgehead atoms. The highest BCUT2D eigenvalue weighted by Gasteiger charge is 2.50. The first-order valence-electron chi connectivity index (χ1n) is 12.0. The van der Waals surface area contributed by atoms with Crippen molar-refractivity contribution in [2.75, 3.05) is 7.11 Å². The Kier molecular flexibility index (Phi) is 9.37. The summed E-state index contributed by atoms with van der Waals surface area (Å²) in [4.78, 5) is 26.2. The monoisotopic (exact) mass is 566 g/mol. The molecule has 1 fully saturated rings. The lowest BCUT2D eigenvalue weighted by molar-refractivity contribution is -0.0889. The smallest absolute Gasteiger partial charge is 0.407 e. The number of carbonyl (C=O) groups excluding carboxylic acids is 2. The van der Waals surface area contributed by atoms with E-state index in [2.05, 4.69) is 47.0 Å². The molecule has 35 heavy (non-hydrogen) atoms. The number of alkyl carbamates (subject to hydrolysis) is 1. The maximum absolute atomic E-state index is 13.9. The average Bonchev–Trinajstić information content (AvgIpc) is 2.72. The molecule has 0 aliphatic heterocycles. The van der Waals surface area contributed by atoms with E-state index in [4.69, 9.17) is 13.9 Å². The molecule has 2 rings (SSSR count). The van der Waals surface area contributed by atoms with Crippen LogP contribution in [-0.2, 0) is 13.9 Å². The average molecular weight is 568 g/mol. The van der Waals surface area contributed by atoms with E-state index >= 15 is 0 Å². The first kappa shape index (κ1) is 29.5. The second-order valence-electron chi connectivity index (χ2n) is 11.5. The number of nitriles is 1. The van der Waals surface area contributed by atoms with Gasteiger partial charge in [-0.3, -0.25) is 4.79 Å². The number of amides is 1. The minimum absolute atomic E-state index is 0.103. The molecular formula is C26H39BrN2O5Si. The summed E-state index contributed by atoms with van der Waals surface area (Å²) in [6.45, 7) is 13.6. The number of carbonyl (C=O) groups is 2. The lowest BCUT2D eigenvalue weighted by Gasteiger charge is -2.48. The third-order valence-electron chi connectivity index (χ3n) is 6.10. The van der Waals surface area contributed by atoms with Crippen LogP contribution < -0.4 is 5.32 Å². The standard InChI is InChI=1S/C26H39BrN2O5Si/c1-18(29-23(31)33-24(2,3)4)16-25(32-5)11-13-26(14-12-25,34-35(6,7)8)22(30)20-15-19(17-28)9-10-21(20)27/h9-10,15,18H,11-14,16H2,1-8H3,(H,29,31)/t18-,25?,26?/m0/s1. The van der Waals surface area contributed by atoms with E-state index in [1.165, 1.54) is 0 Å². The Morgan fingerprint density at radius 1 is 1.20 bits per heavy atom. The molecule has 9 heteroatoms. The number of hydrogen-bond acceptors (Lipinski definition) is 6. The maximum atomic E-state index is 13.9. The fourth-order valence-corrected chi connectivity index (χ4v) is 6.59. The number of rotatable bonds is 8. The molecule has 0 aromatic heterocycles. The van der Waals surface area contributed by atoms with Gasteiger partial charge >= 0.3 is 6.09 Å². The van der Waals surface area contributed by atoms with E-state index in [-0.39, 0.29) is 11.8 Å². The number of halogens is 1. The van der Waals surface area contributed by atoms with Gasteiger partial charge in [-0.1, -0.05) is 15.9 Å². The zero-order valence-corrected chi connectivity index (χ0v) is 24.8. The largest absolute Gasteiger partial charge is 0.444 e. The van der Waals surface area contributed by atoms with E-state index < -0.39 is 31.2 Å². The Bertz CT molecular complexity index is 969. The number of methoxy groups -OCH3 is 1. The Hall–Kier alpha value is -1.73. The fraction of sp³-hybridized carbons (Fsp3) is 0.654. The second kappa shape index (κ2) is 11.1. The van der Waals surface area contributed by atoms with Crippen LogP contribution in [-0.4, -0.2) is 50.1 Å². The molecule has 1 aromatic carbocycles. The molecule has 7 nitrogen and oxygen atoms in total. The number of hydrogen-bond donors (Lipinski definition) is 1. The van der Waals surface area contributed by atoms with E-state index in [1.54, 1.807) is 25.3 Å². The van der Waals surface area contributed by atoms with Crippen molar-refractivity contribution < 1.29 is 23.5 Å². The Balaban J connectivity index is 2.26. The molecule has 1 N–H and O–H groups in total. The van der Waals surface area contributed by atoms with Crippen LogP contribution in [0.3, 0.4) is 0 Å². The summed E-state index contributed by atoms with van der Waals surface area (Å²) in [5.74, 6) is -0.103. The summed E-state index contributed by atoms with van der Waals surface area (Å²) in [5.41, 5.74) is -1.15. The Labute approximate surface area is 219 Å². The zero-order valence-electron chi connectivity index (χ0n) is 22.2. The van der Waals surface area contributed by atoms with Crippen molar-refractivity contribution in [1.82, 2.24) is 5.32 Å². The molecule has 0 unspecified atom stereocenters. The van der Waals surface area contributed by atoms with Gasteiger partial charge in [0.2, 0.25) is 0 Å². The minimum Gasteiger partial charge on any atom is -0.444 e. The van der Waals surface area contributed by atoms with Gasteiger partial charge in [-0.2, -0.15) is 5.26 Å². The van der Waals surface area contributed by atoms with Gasteiger partial charge in [0.15, 0.2) is 14.1 Å². The Morgan fingerprint density at radius 2 is 1.80 bits per heavy atom. The molecule has 194 valence electrons. The van der Waals surface area contributed by atoms with Gasteiger partial charge in [-0.15, -0.1) is 0 Å². The number of Topliss-reactive ketones (excluding diaryl/α,β-unsaturated/α-hetero) is 1. The highest BCUT2D eigenvalue weighted by Crippen LogP contribution is 2.45. The van der Waals surface area contributed by atoms with E-state index in [0.29, 0.717) is 47.7 Å². The summed E-state index contributed by atoms with van der Waals surface area (Å²) in [7, 11) is -0.419. The molecule has 0 radical (unpaired) electrons.